The molecule has 0 aliphatic carbocycles. The van der Waals surface area contributed by atoms with Crippen LogP contribution >= 0.6 is 11.6 Å². The molecule has 0 atom stereocenters. The molecular weight excluding hydrogens is 418 g/mol. The Morgan fingerprint density at radius 3 is 2.65 bits per heavy atom. The Bertz CT molecular complexity index is 1250. The zero-order valence-corrected chi connectivity index (χ0v) is 18.0. The number of allylic oxidation sites excluding steroid dienone is 1. The monoisotopic (exact) mass is 438 g/mol. The molecule has 0 fully saturated rings. The molecule has 4 nitrogen and oxygen atoms in total. The van der Waals surface area contributed by atoms with Crippen molar-refractivity contribution < 1.29 is 8.78 Å². The Balaban J connectivity index is 1.65. The van der Waals surface area contributed by atoms with Gasteiger partial charge in [-0.15, -0.1) is 0 Å². The van der Waals surface area contributed by atoms with Gasteiger partial charge >= 0.3 is 0 Å². The summed E-state index contributed by atoms with van der Waals surface area (Å²) in [7, 11) is 0. The van der Waals surface area contributed by atoms with Gasteiger partial charge in [0.2, 0.25) is 0 Å². The van der Waals surface area contributed by atoms with Crippen molar-refractivity contribution in [2.45, 2.75) is 19.9 Å². The van der Waals surface area contributed by atoms with Crippen LogP contribution in [0.25, 0.3) is 22.2 Å². The zero-order chi connectivity index (χ0) is 22.3. The van der Waals surface area contributed by atoms with Crippen LogP contribution in [0, 0.1) is 17.0 Å². The van der Waals surface area contributed by atoms with Gasteiger partial charge in [-0.3, -0.25) is 15.3 Å². The SMILES string of the molecule is C=C(C(=N)c1cc(Cl)c(F)cc1F)c1ccc2ncc(C3=CCN(C(C)C)C3)cc2n1. The number of hydrogen-bond acceptors (Lipinski definition) is 4. The van der Waals surface area contributed by atoms with Crippen LogP contribution in [0.15, 0.2) is 49.2 Å². The van der Waals surface area contributed by atoms with Crippen molar-refractivity contribution in [1.29, 1.82) is 5.41 Å². The predicted molar refractivity (Wildman–Crippen MR) is 121 cm³/mol. The zero-order valence-electron chi connectivity index (χ0n) is 17.2. The van der Waals surface area contributed by atoms with E-state index in [4.69, 9.17) is 17.0 Å². The first-order chi connectivity index (χ1) is 14.7. The van der Waals surface area contributed by atoms with Crippen LogP contribution in [-0.2, 0) is 0 Å². The number of nitrogens with zero attached hydrogens (tertiary/aromatic N) is 3. The maximum Gasteiger partial charge on any atom is 0.144 e. The lowest BCUT2D eigenvalue weighted by Crippen LogP contribution is -2.28. The van der Waals surface area contributed by atoms with Gasteiger partial charge in [0.25, 0.3) is 0 Å². The van der Waals surface area contributed by atoms with Crippen LogP contribution in [-0.4, -0.2) is 39.7 Å². The van der Waals surface area contributed by atoms with Crippen LogP contribution in [0.4, 0.5) is 8.78 Å². The van der Waals surface area contributed by atoms with Crippen LogP contribution in [0.1, 0.15) is 30.7 Å². The van der Waals surface area contributed by atoms with E-state index >= 15 is 0 Å². The largest absolute Gasteiger partial charge is 0.299 e. The first-order valence-electron chi connectivity index (χ1n) is 9.88. The van der Waals surface area contributed by atoms with Crippen molar-refractivity contribution >= 4 is 39.5 Å². The molecule has 0 amide bonds. The number of aromatic nitrogens is 2. The van der Waals surface area contributed by atoms with Gasteiger partial charge in [0.1, 0.15) is 11.6 Å². The molecular formula is C24H21ClF2N4. The molecule has 1 N–H and O–H groups in total. The second-order valence-electron chi connectivity index (χ2n) is 7.81. The van der Waals surface area contributed by atoms with E-state index in [9.17, 15) is 8.78 Å². The van der Waals surface area contributed by atoms with Crippen LogP contribution in [0.2, 0.25) is 5.02 Å². The molecule has 7 heteroatoms. The third kappa shape index (κ3) is 4.13. The summed E-state index contributed by atoms with van der Waals surface area (Å²) < 4.78 is 27.7. The number of hydrogen-bond donors (Lipinski definition) is 1. The number of rotatable bonds is 5. The molecule has 1 aliphatic rings. The molecule has 0 saturated carbocycles. The van der Waals surface area contributed by atoms with Crippen molar-refractivity contribution in [3.05, 3.63) is 82.7 Å². The van der Waals surface area contributed by atoms with Crippen LogP contribution < -0.4 is 0 Å². The molecule has 31 heavy (non-hydrogen) atoms. The van der Waals surface area contributed by atoms with Gasteiger partial charge in [0, 0.05) is 42.5 Å². The van der Waals surface area contributed by atoms with E-state index in [1.807, 2.05) is 12.3 Å². The molecule has 0 spiro atoms. The van der Waals surface area contributed by atoms with Crippen molar-refractivity contribution in [1.82, 2.24) is 14.9 Å². The van der Waals surface area contributed by atoms with Gasteiger partial charge < -0.3 is 0 Å². The molecule has 0 radical (unpaired) electrons. The van der Waals surface area contributed by atoms with E-state index < -0.39 is 11.6 Å². The first kappa shape index (κ1) is 21.3. The van der Waals surface area contributed by atoms with Crippen LogP contribution in [0.3, 0.4) is 0 Å². The maximum absolute atomic E-state index is 14.2. The first-order valence-corrected chi connectivity index (χ1v) is 10.3. The number of nitrogens with one attached hydrogen (secondary N) is 1. The normalized spacial score (nSPS) is 14.3. The highest BCUT2D eigenvalue weighted by Gasteiger charge is 2.19. The molecule has 1 aliphatic heterocycles. The lowest BCUT2D eigenvalue weighted by Gasteiger charge is -2.20. The second kappa shape index (κ2) is 8.29. The molecule has 158 valence electrons. The molecule has 0 unspecified atom stereocenters. The Morgan fingerprint density at radius 1 is 1.16 bits per heavy atom. The number of pyridine rings is 2. The Kier molecular flexibility index (Phi) is 5.69. The van der Waals surface area contributed by atoms with E-state index in [2.05, 4.69) is 41.4 Å². The van der Waals surface area contributed by atoms with E-state index in [0.717, 1.165) is 24.7 Å². The summed E-state index contributed by atoms with van der Waals surface area (Å²) >= 11 is 5.77. The molecule has 4 rings (SSSR count). The Hall–Kier alpha value is -2.96. The van der Waals surface area contributed by atoms with Crippen LogP contribution in [0.5, 0.6) is 0 Å². The fourth-order valence-electron chi connectivity index (χ4n) is 3.53. The number of fused-ring (bicyclic) bond motifs is 1. The van der Waals surface area contributed by atoms with Crippen molar-refractivity contribution in [3.8, 4) is 0 Å². The summed E-state index contributed by atoms with van der Waals surface area (Å²) in [5.41, 5.74) is 3.85. The maximum atomic E-state index is 14.2. The second-order valence-corrected chi connectivity index (χ2v) is 8.22. The molecule has 3 aromatic rings. The fourth-order valence-corrected chi connectivity index (χ4v) is 3.70. The highest BCUT2D eigenvalue weighted by atomic mass is 35.5. The van der Waals surface area contributed by atoms with Gasteiger partial charge in [-0.2, -0.15) is 0 Å². The molecule has 3 heterocycles. The van der Waals surface area contributed by atoms with Crippen molar-refractivity contribution in [2.24, 2.45) is 0 Å². The van der Waals surface area contributed by atoms with E-state index in [0.29, 0.717) is 28.8 Å². The highest BCUT2D eigenvalue weighted by Crippen LogP contribution is 2.27. The standard InChI is InChI=1S/C24H21ClF2N4/c1-13(2)31-7-6-15(12-31)16-8-23-22(29-11-16)5-4-21(30-23)14(3)24(28)17-9-18(25)20(27)10-19(17)26/h4-6,8-11,13,28H,3,7,12H2,1-2H3. The Labute approximate surface area is 184 Å². The predicted octanol–water partition coefficient (Wildman–Crippen LogP) is 5.75. The smallest absolute Gasteiger partial charge is 0.144 e. The van der Waals surface area contributed by atoms with Crippen molar-refractivity contribution in [2.75, 3.05) is 13.1 Å². The minimum Gasteiger partial charge on any atom is -0.299 e. The topological polar surface area (TPSA) is 52.9 Å². The lowest BCUT2D eigenvalue weighted by molar-refractivity contribution is 0.290. The average molecular weight is 439 g/mol. The Morgan fingerprint density at radius 2 is 1.94 bits per heavy atom. The van der Waals surface area contributed by atoms with Crippen molar-refractivity contribution in [3.63, 3.8) is 0 Å². The molecule has 1 aromatic carbocycles. The molecule has 0 bridgehead atoms. The quantitative estimate of drug-likeness (QED) is 0.407. The van der Waals surface area contributed by atoms with E-state index in [-0.39, 0.29) is 21.9 Å². The lowest BCUT2D eigenvalue weighted by atomic mass is 10.00. The van der Waals surface area contributed by atoms with E-state index in [1.54, 1.807) is 12.1 Å². The van der Waals surface area contributed by atoms with E-state index in [1.165, 1.54) is 5.57 Å². The minimum absolute atomic E-state index is 0.130. The number of halogens is 3. The molecule has 0 saturated heterocycles. The summed E-state index contributed by atoms with van der Waals surface area (Å²) in [5, 5.41) is 8.08. The average Bonchev–Trinajstić information content (AvgIpc) is 3.25. The van der Waals surface area contributed by atoms with Gasteiger partial charge in [0.15, 0.2) is 0 Å². The van der Waals surface area contributed by atoms with Gasteiger partial charge in [-0.05, 0) is 49.2 Å². The summed E-state index contributed by atoms with van der Waals surface area (Å²) in [5.74, 6) is -1.75. The third-order valence-electron chi connectivity index (χ3n) is 5.47. The summed E-state index contributed by atoms with van der Waals surface area (Å²) in [6, 6.07) is 7.66. The number of benzene rings is 1. The van der Waals surface area contributed by atoms with Gasteiger partial charge in [-0.1, -0.05) is 24.3 Å². The highest BCUT2D eigenvalue weighted by molar-refractivity contribution is 6.33. The summed E-state index contributed by atoms with van der Waals surface area (Å²) in [4.78, 5) is 11.5. The van der Waals surface area contributed by atoms with Gasteiger partial charge in [-0.25, -0.2) is 13.8 Å². The van der Waals surface area contributed by atoms with Gasteiger partial charge in [0.05, 0.1) is 27.5 Å². The fraction of sp³-hybridized carbons (Fsp3) is 0.208. The summed E-state index contributed by atoms with van der Waals surface area (Å²) in [6.07, 6.45) is 4.04. The molecule has 2 aromatic heterocycles. The minimum atomic E-state index is -0.874. The third-order valence-corrected chi connectivity index (χ3v) is 5.76. The summed E-state index contributed by atoms with van der Waals surface area (Å²) in [6.45, 7) is 9.99.